The van der Waals surface area contributed by atoms with Crippen LogP contribution in [0.15, 0.2) is 54.6 Å². The molecule has 6 heteroatoms. The fourth-order valence-electron chi connectivity index (χ4n) is 3.37. The van der Waals surface area contributed by atoms with Gasteiger partial charge in [0.05, 0.1) is 6.42 Å². The van der Waals surface area contributed by atoms with Crippen LogP contribution < -0.4 is 10.6 Å². The average molecular weight is 451 g/mol. The maximum absolute atomic E-state index is 12.9. The molecule has 0 aliphatic rings. The molecule has 2 aromatic rings. The summed E-state index contributed by atoms with van der Waals surface area (Å²) in [7, 11) is 0. The lowest BCUT2D eigenvalue weighted by Gasteiger charge is -2.10. The molecule has 0 atom stereocenters. The number of carbonyl (C=O) groups excluding carboxylic acids is 2. The molecule has 0 saturated heterocycles. The lowest BCUT2D eigenvalue weighted by molar-refractivity contribution is -0.138. The summed E-state index contributed by atoms with van der Waals surface area (Å²) in [5.41, 5.74) is 2.83. The summed E-state index contributed by atoms with van der Waals surface area (Å²) in [5.74, 6) is -1.46. The molecule has 0 unspecified atom stereocenters. The first-order chi connectivity index (χ1) is 16.0. The van der Waals surface area contributed by atoms with Crippen molar-refractivity contribution < 1.29 is 19.5 Å². The third-order valence-corrected chi connectivity index (χ3v) is 5.22. The molecular weight excluding hydrogens is 416 g/mol. The molecule has 176 valence electrons. The molecule has 3 N–H and O–H groups in total. The zero-order valence-corrected chi connectivity index (χ0v) is 19.3. The van der Waals surface area contributed by atoms with Crippen molar-refractivity contribution in [2.45, 2.75) is 58.3 Å². The fraction of sp³-hybridized carbons (Fsp3) is 0.370. The lowest BCUT2D eigenvalue weighted by Crippen LogP contribution is -2.25. The molecule has 2 rings (SSSR count). The smallest absolute Gasteiger partial charge is 0.303 e. The highest BCUT2D eigenvalue weighted by Crippen LogP contribution is 2.20. The van der Waals surface area contributed by atoms with Crippen molar-refractivity contribution >= 4 is 35.1 Å². The van der Waals surface area contributed by atoms with Gasteiger partial charge in [0.1, 0.15) is 0 Å². The maximum Gasteiger partial charge on any atom is 0.303 e. The molecule has 0 bridgehead atoms. The number of benzene rings is 2. The van der Waals surface area contributed by atoms with Gasteiger partial charge in [0.25, 0.3) is 5.91 Å². The molecule has 2 aromatic carbocycles. The van der Waals surface area contributed by atoms with E-state index in [-0.39, 0.29) is 24.7 Å². The van der Waals surface area contributed by atoms with E-state index >= 15 is 0 Å². The van der Waals surface area contributed by atoms with Crippen LogP contribution in [0.5, 0.6) is 0 Å². The maximum atomic E-state index is 12.9. The summed E-state index contributed by atoms with van der Waals surface area (Å²) >= 11 is 0. The minimum atomic E-state index is -1.01. The van der Waals surface area contributed by atoms with E-state index in [0.717, 1.165) is 24.0 Å². The summed E-state index contributed by atoms with van der Waals surface area (Å²) < 4.78 is 0. The van der Waals surface area contributed by atoms with E-state index in [0.29, 0.717) is 17.8 Å². The molecule has 0 aromatic heterocycles. The van der Waals surface area contributed by atoms with Crippen LogP contribution >= 0.6 is 0 Å². The number of rotatable bonds is 14. The second-order valence-corrected chi connectivity index (χ2v) is 8.01. The van der Waals surface area contributed by atoms with Gasteiger partial charge in [0.15, 0.2) is 0 Å². The number of carboxylic acids is 1. The Labute approximate surface area is 196 Å². The zero-order valence-electron chi connectivity index (χ0n) is 19.3. The van der Waals surface area contributed by atoms with Crippen LogP contribution in [0.3, 0.4) is 0 Å². The van der Waals surface area contributed by atoms with Gasteiger partial charge in [-0.2, -0.15) is 0 Å². The summed E-state index contributed by atoms with van der Waals surface area (Å²) in [6.07, 6.45) is 8.56. The third kappa shape index (κ3) is 10.2. The van der Waals surface area contributed by atoms with Crippen LogP contribution in [0.4, 0.5) is 5.69 Å². The summed E-state index contributed by atoms with van der Waals surface area (Å²) in [5, 5.41) is 14.4. The molecule has 0 fully saturated rings. The fourth-order valence-corrected chi connectivity index (χ4v) is 3.37. The Morgan fingerprint density at radius 3 is 2.18 bits per heavy atom. The molecule has 0 heterocycles. The van der Waals surface area contributed by atoms with Crippen molar-refractivity contribution in [3.63, 3.8) is 0 Å². The summed E-state index contributed by atoms with van der Waals surface area (Å²) in [4.78, 5) is 35.3. The van der Waals surface area contributed by atoms with Crippen molar-refractivity contribution in [2.24, 2.45) is 0 Å². The molecule has 6 nitrogen and oxygen atoms in total. The van der Waals surface area contributed by atoms with Crippen molar-refractivity contribution in [1.82, 2.24) is 5.32 Å². The van der Waals surface area contributed by atoms with Crippen molar-refractivity contribution in [3.05, 3.63) is 65.7 Å². The van der Waals surface area contributed by atoms with Gasteiger partial charge in [-0.1, -0.05) is 81.5 Å². The minimum Gasteiger partial charge on any atom is -0.481 e. The van der Waals surface area contributed by atoms with E-state index < -0.39 is 5.97 Å². The quantitative estimate of drug-likeness (QED) is 0.201. The van der Waals surface area contributed by atoms with Crippen LogP contribution in [0.25, 0.3) is 11.6 Å². The van der Waals surface area contributed by atoms with E-state index in [2.05, 4.69) is 17.6 Å². The first-order valence-corrected chi connectivity index (χ1v) is 11.7. The van der Waals surface area contributed by atoms with Crippen molar-refractivity contribution in [1.29, 1.82) is 0 Å². The second kappa shape index (κ2) is 14.6. The average Bonchev–Trinajstić information content (AvgIpc) is 2.82. The minimum absolute atomic E-state index is 0.0755. The number of hydrogen-bond donors (Lipinski definition) is 3. The molecule has 0 radical (unpaired) electrons. The SMILES string of the molecule is CCCCCCCCNC(=O)C(=Cc1ccc(NC(=O)CCC(=O)O)cc1)c1ccccc1. The summed E-state index contributed by atoms with van der Waals surface area (Å²) in [6, 6.07) is 16.6. The van der Waals surface area contributed by atoms with Crippen molar-refractivity contribution in [2.75, 3.05) is 11.9 Å². The largest absolute Gasteiger partial charge is 0.481 e. The van der Waals surface area contributed by atoms with Gasteiger partial charge in [0, 0.05) is 24.2 Å². The second-order valence-electron chi connectivity index (χ2n) is 8.01. The Morgan fingerprint density at radius 2 is 1.52 bits per heavy atom. The molecular formula is C27H34N2O4. The number of aliphatic carboxylic acids is 1. The van der Waals surface area contributed by atoms with Gasteiger partial charge < -0.3 is 15.7 Å². The standard InChI is InChI=1S/C27H34N2O4/c1-2-3-4-5-6-10-19-28-27(33)24(22-11-8-7-9-12-22)20-21-13-15-23(16-14-21)29-25(30)17-18-26(31)32/h7-9,11-16,20H,2-6,10,17-19H2,1H3,(H,28,33)(H,29,30)(H,31,32). The van der Waals surface area contributed by atoms with E-state index in [1.807, 2.05) is 48.5 Å². The van der Waals surface area contributed by atoms with Crippen molar-refractivity contribution in [3.8, 4) is 0 Å². The van der Waals surface area contributed by atoms with Gasteiger partial charge in [-0.25, -0.2) is 0 Å². The van der Waals surface area contributed by atoms with Gasteiger partial charge in [-0.15, -0.1) is 0 Å². The van der Waals surface area contributed by atoms with Gasteiger partial charge >= 0.3 is 5.97 Å². The Hall–Kier alpha value is -3.41. The Balaban J connectivity index is 2.02. The Kier molecular flexibility index (Phi) is 11.4. The van der Waals surface area contributed by atoms with Crippen LogP contribution in [-0.4, -0.2) is 29.4 Å². The predicted molar refractivity (Wildman–Crippen MR) is 133 cm³/mol. The van der Waals surface area contributed by atoms with Crippen LogP contribution in [0.2, 0.25) is 0 Å². The molecule has 33 heavy (non-hydrogen) atoms. The predicted octanol–water partition coefficient (Wildman–Crippen LogP) is 5.51. The first-order valence-electron chi connectivity index (χ1n) is 11.7. The number of carbonyl (C=O) groups is 3. The van der Waals surface area contributed by atoms with E-state index in [1.165, 1.54) is 25.7 Å². The Bertz CT molecular complexity index is 921. The van der Waals surface area contributed by atoms with E-state index in [1.54, 1.807) is 12.1 Å². The molecule has 0 saturated carbocycles. The van der Waals surface area contributed by atoms with Gasteiger partial charge in [0.2, 0.25) is 5.91 Å². The normalized spacial score (nSPS) is 11.1. The van der Waals surface area contributed by atoms with Crippen LogP contribution in [0, 0.1) is 0 Å². The molecule has 0 spiro atoms. The highest BCUT2D eigenvalue weighted by molar-refractivity contribution is 6.24. The number of anilines is 1. The van der Waals surface area contributed by atoms with E-state index in [4.69, 9.17) is 5.11 Å². The van der Waals surface area contributed by atoms with Crippen LogP contribution in [0.1, 0.15) is 69.4 Å². The molecule has 0 aliphatic carbocycles. The van der Waals surface area contributed by atoms with Gasteiger partial charge in [-0.3, -0.25) is 14.4 Å². The van der Waals surface area contributed by atoms with Crippen LogP contribution in [-0.2, 0) is 14.4 Å². The van der Waals surface area contributed by atoms with E-state index in [9.17, 15) is 14.4 Å². The monoisotopic (exact) mass is 450 g/mol. The highest BCUT2D eigenvalue weighted by atomic mass is 16.4. The van der Waals surface area contributed by atoms with Gasteiger partial charge in [-0.05, 0) is 35.8 Å². The number of hydrogen-bond acceptors (Lipinski definition) is 3. The highest BCUT2D eigenvalue weighted by Gasteiger charge is 2.12. The summed E-state index contributed by atoms with van der Waals surface area (Å²) in [6.45, 7) is 2.85. The topological polar surface area (TPSA) is 95.5 Å². The number of carboxylic acid groups (broad SMARTS) is 1. The zero-order chi connectivity index (χ0) is 23.9. The first kappa shape index (κ1) is 25.8. The lowest BCUT2D eigenvalue weighted by atomic mass is 10.0. The molecule has 0 aliphatic heterocycles. The number of nitrogens with one attached hydrogen (secondary N) is 2. The molecule has 2 amide bonds. The third-order valence-electron chi connectivity index (χ3n) is 5.22. The number of amides is 2. The Morgan fingerprint density at radius 1 is 0.848 bits per heavy atom. The number of unbranched alkanes of at least 4 members (excludes halogenated alkanes) is 5.